The summed E-state index contributed by atoms with van der Waals surface area (Å²) in [6, 6.07) is 7.21. The zero-order chi connectivity index (χ0) is 14.5. The maximum atomic E-state index is 13.1. The van der Waals surface area contributed by atoms with Crippen LogP contribution in [0.25, 0.3) is 0 Å². The fraction of sp³-hybridized carbons (Fsp3) is 0.333. The van der Waals surface area contributed by atoms with Crippen LogP contribution >= 0.6 is 11.3 Å². The van der Waals surface area contributed by atoms with E-state index in [1.807, 2.05) is 18.5 Å². The molecule has 0 amide bonds. The van der Waals surface area contributed by atoms with E-state index in [4.69, 9.17) is 5.73 Å². The average Bonchev–Trinajstić information content (AvgIpc) is 2.87. The van der Waals surface area contributed by atoms with Crippen molar-refractivity contribution in [3.8, 4) is 0 Å². The minimum atomic E-state index is -0.581. The van der Waals surface area contributed by atoms with Gasteiger partial charge in [0, 0.05) is 30.1 Å². The summed E-state index contributed by atoms with van der Waals surface area (Å²) in [7, 11) is 2.01. The average molecular weight is 296 g/mol. The third-order valence-electron chi connectivity index (χ3n) is 3.14. The van der Waals surface area contributed by atoms with Gasteiger partial charge in [0.2, 0.25) is 0 Å². The number of benzene rings is 1. The lowest BCUT2D eigenvalue weighted by molar-refractivity contribution is 0.314. The largest absolute Gasteiger partial charge is 0.324 e. The molecule has 108 valence electrons. The number of halogens is 2. The van der Waals surface area contributed by atoms with E-state index in [-0.39, 0.29) is 6.04 Å². The fourth-order valence-electron chi connectivity index (χ4n) is 2.06. The van der Waals surface area contributed by atoms with Crippen LogP contribution in [0, 0.1) is 11.6 Å². The molecule has 0 saturated carbocycles. The van der Waals surface area contributed by atoms with E-state index in [1.54, 1.807) is 11.3 Å². The first-order valence-corrected chi connectivity index (χ1v) is 7.35. The van der Waals surface area contributed by atoms with E-state index >= 15 is 0 Å². The monoisotopic (exact) mass is 296 g/mol. The van der Waals surface area contributed by atoms with Crippen molar-refractivity contribution in [2.45, 2.75) is 19.0 Å². The normalized spacial score (nSPS) is 12.8. The van der Waals surface area contributed by atoms with Gasteiger partial charge in [-0.2, -0.15) is 0 Å². The number of thiophene rings is 1. The third kappa shape index (κ3) is 4.37. The Morgan fingerprint density at radius 3 is 2.55 bits per heavy atom. The van der Waals surface area contributed by atoms with Crippen LogP contribution in [0.1, 0.15) is 22.9 Å². The fourth-order valence-corrected chi connectivity index (χ4v) is 2.85. The lowest BCUT2D eigenvalue weighted by Crippen LogP contribution is -2.23. The molecule has 2 N–H and O–H groups in total. The molecule has 2 aromatic rings. The zero-order valence-electron chi connectivity index (χ0n) is 11.4. The Labute approximate surface area is 121 Å². The SMILES string of the molecule is CN(CCC(N)c1cc(F)cc(F)c1)Cc1cccs1. The minimum Gasteiger partial charge on any atom is -0.324 e. The maximum absolute atomic E-state index is 13.1. The Kier molecular flexibility index (Phi) is 5.23. The summed E-state index contributed by atoms with van der Waals surface area (Å²) in [4.78, 5) is 3.44. The minimum absolute atomic E-state index is 0.356. The van der Waals surface area contributed by atoms with E-state index in [9.17, 15) is 8.78 Å². The molecule has 0 spiro atoms. The number of nitrogens with zero attached hydrogens (tertiary/aromatic N) is 1. The van der Waals surface area contributed by atoms with Gasteiger partial charge < -0.3 is 10.6 Å². The van der Waals surface area contributed by atoms with Crippen molar-refractivity contribution in [1.29, 1.82) is 0 Å². The van der Waals surface area contributed by atoms with Crippen molar-refractivity contribution in [3.05, 3.63) is 57.8 Å². The van der Waals surface area contributed by atoms with Gasteiger partial charge in [-0.1, -0.05) is 6.07 Å². The van der Waals surface area contributed by atoms with Gasteiger partial charge in [-0.05, 0) is 42.6 Å². The molecule has 2 rings (SSSR count). The summed E-state index contributed by atoms with van der Waals surface area (Å²) in [5.41, 5.74) is 6.50. The highest BCUT2D eigenvalue weighted by Crippen LogP contribution is 2.18. The molecular formula is C15H18F2N2S. The second-order valence-electron chi connectivity index (χ2n) is 4.92. The van der Waals surface area contributed by atoms with Gasteiger partial charge >= 0.3 is 0 Å². The predicted octanol–water partition coefficient (Wildman–Crippen LogP) is 3.55. The third-order valence-corrected chi connectivity index (χ3v) is 4.00. The van der Waals surface area contributed by atoms with Gasteiger partial charge in [-0.25, -0.2) is 8.78 Å². The second-order valence-corrected chi connectivity index (χ2v) is 5.95. The highest BCUT2D eigenvalue weighted by atomic mass is 32.1. The van der Waals surface area contributed by atoms with Gasteiger partial charge in [0.1, 0.15) is 11.6 Å². The Morgan fingerprint density at radius 2 is 1.95 bits per heavy atom. The Hall–Kier alpha value is -1.30. The van der Waals surface area contributed by atoms with E-state index < -0.39 is 11.6 Å². The lowest BCUT2D eigenvalue weighted by atomic mass is 10.0. The molecule has 0 aliphatic carbocycles. The van der Waals surface area contributed by atoms with Crippen LogP contribution in [0.5, 0.6) is 0 Å². The van der Waals surface area contributed by atoms with Gasteiger partial charge in [0.15, 0.2) is 0 Å². The van der Waals surface area contributed by atoms with E-state index in [0.717, 1.165) is 19.2 Å². The molecule has 1 aromatic carbocycles. The molecule has 0 bridgehead atoms. The van der Waals surface area contributed by atoms with E-state index in [0.29, 0.717) is 12.0 Å². The smallest absolute Gasteiger partial charge is 0.126 e. The lowest BCUT2D eigenvalue weighted by Gasteiger charge is -2.19. The molecule has 0 fully saturated rings. The van der Waals surface area contributed by atoms with Crippen molar-refractivity contribution < 1.29 is 8.78 Å². The summed E-state index contributed by atoms with van der Waals surface area (Å²) >= 11 is 1.71. The van der Waals surface area contributed by atoms with Crippen molar-refractivity contribution in [2.75, 3.05) is 13.6 Å². The standard InChI is InChI=1S/C15H18F2N2S/c1-19(10-14-3-2-6-20-14)5-4-15(18)11-7-12(16)9-13(17)8-11/h2-3,6-9,15H,4-5,10,18H2,1H3. The van der Waals surface area contributed by atoms with Crippen molar-refractivity contribution in [2.24, 2.45) is 5.73 Å². The van der Waals surface area contributed by atoms with Crippen LogP contribution in [-0.2, 0) is 6.54 Å². The molecule has 20 heavy (non-hydrogen) atoms. The molecule has 1 heterocycles. The van der Waals surface area contributed by atoms with Crippen LogP contribution in [0.15, 0.2) is 35.7 Å². The van der Waals surface area contributed by atoms with Crippen molar-refractivity contribution in [3.63, 3.8) is 0 Å². The molecular weight excluding hydrogens is 278 g/mol. The van der Waals surface area contributed by atoms with Crippen LogP contribution < -0.4 is 5.73 Å². The first kappa shape index (κ1) is 15.1. The molecule has 1 atom stereocenters. The van der Waals surface area contributed by atoms with Crippen molar-refractivity contribution in [1.82, 2.24) is 4.90 Å². The molecule has 1 unspecified atom stereocenters. The predicted molar refractivity (Wildman–Crippen MR) is 78.6 cm³/mol. The van der Waals surface area contributed by atoms with E-state index in [1.165, 1.54) is 17.0 Å². The van der Waals surface area contributed by atoms with Gasteiger partial charge in [-0.3, -0.25) is 0 Å². The maximum Gasteiger partial charge on any atom is 0.126 e. The van der Waals surface area contributed by atoms with Gasteiger partial charge in [-0.15, -0.1) is 11.3 Å². The molecule has 2 nitrogen and oxygen atoms in total. The highest BCUT2D eigenvalue weighted by molar-refractivity contribution is 7.09. The summed E-state index contributed by atoms with van der Waals surface area (Å²) < 4.78 is 26.3. The number of rotatable bonds is 6. The molecule has 0 radical (unpaired) electrons. The highest BCUT2D eigenvalue weighted by Gasteiger charge is 2.11. The Bertz CT molecular complexity index is 523. The summed E-state index contributed by atoms with van der Waals surface area (Å²) in [5.74, 6) is -1.16. The van der Waals surface area contributed by atoms with Crippen LogP contribution in [0.3, 0.4) is 0 Å². The second kappa shape index (κ2) is 6.92. The zero-order valence-corrected chi connectivity index (χ0v) is 12.2. The number of hydrogen-bond donors (Lipinski definition) is 1. The first-order valence-electron chi connectivity index (χ1n) is 6.47. The molecule has 0 aliphatic rings. The Morgan fingerprint density at radius 1 is 1.25 bits per heavy atom. The van der Waals surface area contributed by atoms with Crippen LogP contribution in [0.2, 0.25) is 0 Å². The van der Waals surface area contributed by atoms with Gasteiger partial charge in [0.05, 0.1) is 0 Å². The molecule has 0 saturated heterocycles. The summed E-state index contributed by atoms with van der Waals surface area (Å²) in [5, 5.41) is 2.05. The van der Waals surface area contributed by atoms with Gasteiger partial charge in [0.25, 0.3) is 0 Å². The molecule has 5 heteroatoms. The Balaban J connectivity index is 1.86. The summed E-state index contributed by atoms with van der Waals surface area (Å²) in [6.07, 6.45) is 0.658. The first-order chi connectivity index (χ1) is 9.54. The van der Waals surface area contributed by atoms with Crippen LogP contribution in [0.4, 0.5) is 8.78 Å². The van der Waals surface area contributed by atoms with Crippen LogP contribution in [-0.4, -0.2) is 18.5 Å². The molecule has 0 aliphatic heterocycles. The quantitative estimate of drug-likeness (QED) is 0.883. The number of nitrogens with two attached hydrogens (primary N) is 1. The number of hydrogen-bond acceptors (Lipinski definition) is 3. The molecule has 1 aromatic heterocycles. The topological polar surface area (TPSA) is 29.3 Å². The summed E-state index contributed by atoms with van der Waals surface area (Å²) in [6.45, 7) is 1.64. The van der Waals surface area contributed by atoms with Crippen molar-refractivity contribution >= 4 is 11.3 Å². The van der Waals surface area contributed by atoms with E-state index in [2.05, 4.69) is 11.0 Å².